The number of hydrogen-bond acceptors (Lipinski definition) is 6. The van der Waals surface area contributed by atoms with Crippen LogP contribution in [-0.4, -0.2) is 43.5 Å². The number of pyridine rings is 1. The van der Waals surface area contributed by atoms with Crippen LogP contribution in [0.1, 0.15) is 26.4 Å². The van der Waals surface area contributed by atoms with Gasteiger partial charge in [0.15, 0.2) is 0 Å². The summed E-state index contributed by atoms with van der Waals surface area (Å²) in [6, 6.07) is 13.6. The van der Waals surface area contributed by atoms with Crippen LogP contribution in [0.2, 0.25) is 0 Å². The van der Waals surface area contributed by atoms with Crippen molar-refractivity contribution < 1.29 is 23.9 Å². The Balaban J connectivity index is 1.72. The number of carbonyl (C=O) groups excluding carboxylic acids is 3. The summed E-state index contributed by atoms with van der Waals surface area (Å²) in [5, 5.41) is 6.08. The minimum Gasteiger partial charge on any atom is -0.497 e. The highest BCUT2D eigenvalue weighted by Gasteiger charge is 2.13. The lowest BCUT2D eigenvalue weighted by molar-refractivity contribution is -0.139. The minimum absolute atomic E-state index is 0.214. The zero-order valence-electron chi connectivity index (χ0n) is 16.8. The lowest BCUT2D eigenvalue weighted by atomic mass is 10.1. The highest BCUT2D eigenvalue weighted by Crippen LogP contribution is 2.22. The van der Waals surface area contributed by atoms with Crippen molar-refractivity contribution in [3.05, 3.63) is 65.4 Å². The molecule has 2 amide bonds. The van der Waals surface area contributed by atoms with E-state index in [2.05, 4.69) is 20.4 Å². The molecule has 0 aliphatic rings. The van der Waals surface area contributed by atoms with Crippen molar-refractivity contribution in [2.45, 2.75) is 6.92 Å². The molecule has 1 aromatic heterocycles. The fourth-order valence-electron chi connectivity index (χ4n) is 2.83. The van der Waals surface area contributed by atoms with Gasteiger partial charge in [-0.2, -0.15) is 0 Å². The van der Waals surface area contributed by atoms with E-state index >= 15 is 0 Å². The molecule has 1 heterocycles. The molecule has 0 aliphatic carbocycles. The third kappa shape index (κ3) is 4.72. The van der Waals surface area contributed by atoms with E-state index in [1.54, 1.807) is 44.4 Å². The van der Waals surface area contributed by atoms with Crippen molar-refractivity contribution in [2.75, 3.05) is 26.1 Å². The molecule has 2 aromatic carbocycles. The zero-order valence-corrected chi connectivity index (χ0v) is 16.8. The van der Waals surface area contributed by atoms with Gasteiger partial charge in [0.2, 0.25) is 0 Å². The van der Waals surface area contributed by atoms with E-state index in [1.165, 1.54) is 7.11 Å². The predicted molar refractivity (Wildman–Crippen MR) is 112 cm³/mol. The summed E-state index contributed by atoms with van der Waals surface area (Å²) in [5.74, 6) is -0.559. The number of amides is 2. The maximum absolute atomic E-state index is 12.7. The van der Waals surface area contributed by atoms with Crippen LogP contribution in [0.5, 0.6) is 5.75 Å². The Bertz CT molecular complexity index is 1110. The summed E-state index contributed by atoms with van der Waals surface area (Å²) >= 11 is 0. The highest BCUT2D eigenvalue weighted by atomic mass is 16.5. The molecular formula is C22H21N3O5. The third-order valence-electron chi connectivity index (χ3n) is 4.49. The molecule has 3 rings (SSSR count). The topological polar surface area (TPSA) is 107 Å². The summed E-state index contributed by atoms with van der Waals surface area (Å²) in [5.41, 5.74) is 2.67. The number of anilines is 1. The molecule has 0 fully saturated rings. The van der Waals surface area contributed by atoms with Crippen LogP contribution in [0, 0.1) is 6.92 Å². The summed E-state index contributed by atoms with van der Waals surface area (Å²) in [4.78, 5) is 40.3. The van der Waals surface area contributed by atoms with Crippen molar-refractivity contribution in [1.29, 1.82) is 0 Å². The Morgan fingerprint density at radius 3 is 2.37 bits per heavy atom. The predicted octanol–water partition coefficient (Wildman–Crippen LogP) is 2.71. The van der Waals surface area contributed by atoms with Gasteiger partial charge in [-0.3, -0.25) is 19.4 Å². The number of nitrogens with zero attached hydrogens (tertiary/aromatic N) is 1. The van der Waals surface area contributed by atoms with E-state index < -0.39 is 11.9 Å². The zero-order chi connectivity index (χ0) is 21.7. The van der Waals surface area contributed by atoms with Crippen molar-refractivity contribution in [2.24, 2.45) is 0 Å². The number of nitrogens with one attached hydrogen (secondary N) is 2. The number of esters is 1. The number of aryl methyl sites for hydroxylation is 1. The summed E-state index contributed by atoms with van der Waals surface area (Å²) < 4.78 is 9.68. The van der Waals surface area contributed by atoms with Gasteiger partial charge in [0, 0.05) is 22.7 Å². The van der Waals surface area contributed by atoms with Crippen molar-refractivity contribution in [3.63, 3.8) is 0 Å². The van der Waals surface area contributed by atoms with Crippen LogP contribution in [0.15, 0.2) is 48.5 Å². The van der Waals surface area contributed by atoms with Gasteiger partial charge < -0.3 is 20.1 Å². The van der Waals surface area contributed by atoms with Crippen molar-refractivity contribution in [3.8, 4) is 5.75 Å². The molecule has 30 heavy (non-hydrogen) atoms. The molecule has 0 atom stereocenters. The molecule has 154 valence electrons. The Morgan fingerprint density at radius 2 is 1.70 bits per heavy atom. The molecule has 0 saturated carbocycles. The molecule has 8 heteroatoms. The molecule has 8 nitrogen and oxygen atoms in total. The minimum atomic E-state index is -0.537. The first-order chi connectivity index (χ1) is 14.4. The lowest BCUT2D eigenvalue weighted by Gasteiger charge is -2.10. The van der Waals surface area contributed by atoms with Crippen LogP contribution >= 0.6 is 0 Å². The van der Waals surface area contributed by atoms with Crippen LogP contribution < -0.4 is 15.4 Å². The number of rotatable bonds is 6. The number of aromatic nitrogens is 1. The second-order valence-corrected chi connectivity index (χ2v) is 6.47. The van der Waals surface area contributed by atoms with Crippen molar-refractivity contribution in [1.82, 2.24) is 10.3 Å². The first-order valence-electron chi connectivity index (χ1n) is 9.13. The van der Waals surface area contributed by atoms with Gasteiger partial charge >= 0.3 is 5.97 Å². The quantitative estimate of drug-likeness (QED) is 0.609. The van der Waals surface area contributed by atoms with E-state index in [1.807, 2.05) is 18.2 Å². The summed E-state index contributed by atoms with van der Waals surface area (Å²) in [6.07, 6.45) is 0. The summed E-state index contributed by atoms with van der Waals surface area (Å²) in [6.45, 7) is 1.55. The number of carbonyl (C=O) groups is 3. The first kappa shape index (κ1) is 20.8. The first-order valence-corrected chi connectivity index (χ1v) is 9.13. The average molecular weight is 407 g/mol. The second-order valence-electron chi connectivity index (χ2n) is 6.47. The molecule has 0 radical (unpaired) electrons. The number of benzene rings is 2. The van der Waals surface area contributed by atoms with E-state index in [-0.39, 0.29) is 12.5 Å². The van der Waals surface area contributed by atoms with Gasteiger partial charge in [-0.05, 0) is 49.4 Å². The van der Waals surface area contributed by atoms with Crippen LogP contribution in [0.4, 0.5) is 5.69 Å². The SMILES string of the molecule is COC(=O)CNC(=O)c1ccc(NC(=O)c2cc3ccc(OC)cc3nc2C)cc1. The van der Waals surface area contributed by atoms with Crippen molar-refractivity contribution >= 4 is 34.4 Å². The molecule has 0 aliphatic heterocycles. The van der Waals surface area contributed by atoms with E-state index in [0.29, 0.717) is 28.3 Å². The molecule has 0 spiro atoms. The molecule has 2 N–H and O–H groups in total. The Labute approximate surface area is 173 Å². The molecule has 3 aromatic rings. The number of hydrogen-bond donors (Lipinski definition) is 2. The second kappa shape index (κ2) is 9.04. The van der Waals surface area contributed by atoms with Gasteiger partial charge in [0.25, 0.3) is 11.8 Å². The summed E-state index contributed by atoms with van der Waals surface area (Å²) in [7, 11) is 2.83. The number of methoxy groups -OCH3 is 2. The van der Waals surface area contributed by atoms with Gasteiger partial charge in [-0.1, -0.05) is 0 Å². The largest absolute Gasteiger partial charge is 0.497 e. The Morgan fingerprint density at radius 1 is 0.967 bits per heavy atom. The third-order valence-corrected chi connectivity index (χ3v) is 4.49. The molecular weight excluding hydrogens is 386 g/mol. The fourth-order valence-corrected chi connectivity index (χ4v) is 2.83. The highest BCUT2D eigenvalue weighted by molar-refractivity contribution is 6.07. The smallest absolute Gasteiger partial charge is 0.325 e. The van der Waals surface area contributed by atoms with Gasteiger partial charge in [0.05, 0.1) is 31.0 Å². The van der Waals surface area contributed by atoms with E-state index in [9.17, 15) is 14.4 Å². The standard InChI is InChI=1S/C22H21N3O5/c1-13-18(10-15-6-9-17(29-2)11-19(15)24-13)22(28)25-16-7-4-14(5-8-16)21(27)23-12-20(26)30-3/h4-11H,12H2,1-3H3,(H,23,27)(H,25,28). The molecule has 0 saturated heterocycles. The number of ether oxygens (including phenoxy) is 2. The van der Waals surface area contributed by atoms with Crippen LogP contribution in [0.25, 0.3) is 10.9 Å². The van der Waals surface area contributed by atoms with Crippen LogP contribution in [0.3, 0.4) is 0 Å². The normalized spacial score (nSPS) is 10.4. The lowest BCUT2D eigenvalue weighted by Crippen LogP contribution is -2.30. The van der Waals surface area contributed by atoms with E-state index in [4.69, 9.17) is 4.74 Å². The maximum Gasteiger partial charge on any atom is 0.325 e. The monoisotopic (exact) mass is 407 g/mol. The molecule has 0 bridgehead atoms. The Hall–Kier alpha value is -3.94. The Kier molecular flexibility index (Phi) is 6.26. The fraction of sp³-hybridized carbons (Fsp3) is 0.182. The molecule has 0 unspecified atom stereocenters. The van der Waals surface area contributed by atoms with Gasteiger partial charge in [-0.25, -0.2) is 0 Å². The average Bonchev–Trinajstić information content (AvgIpc) is 2.76. The number of fused-ring (bicyclic) bond motifs is 1. The van der Waals surface area contributed by atoms with Crippen LogP contribution in [-0.2, 0) is 9.53 Å². The maximum atomic E-state index is 12.7. The van der Waals surface area contributed by atoms with Gasteiger partial charge in [0.1, 0.15) is 12.3 Å². The van der Waals surface area contributed by atoms with E-state index in [0.717, 1.165) is 10.9 Å². The van der Waals surface area contributed by atoms with Gasteiger partial charge in [-0.15, -0.1) is 0 Å².